The summed E-state index contributed by atoms with van der Waals surface area (Å²) in [7, 11) is -4.64. The van der Waals surface area contributed by atoms with Gasteiger partial charge in [0.2, 0.25) is 0 Å². The van der Waals surface area contributed by atoms with Crippen LogP contribution in [0.15, 0.2) is 0 Å². The Morgan fingerprint density at radius 2 is 1.07 bits per heavy atom. The number of carbonyl (C=O) groups is 5. The average Bonchev–Trinajstić information content (AvgIpc) is 2.33. The second-order valence-electron chi connectivity index (χ2n) is 4.44. The summed E-state index contributed by atoms with van der Waals surface area (Å²) >= 11 is 0. The van der Waals surface area contributed by atoms with Gasteiger partial charge in [-0.25, -0.2) is 14.2 Å². The van der Waals surface area contributed by atoms with Gasteiger partial charge in [0, 0.05) is 0 Å². The number of rotatable bonds is 8. The zero-order valence-corrected chi connectivity index (χ0v) is 14.0. The molecule has 0 rings (SSSR count). The molecule has 0 aromatic heterocycles. The SMILES string of the molecule is O=C(O)CC(O)(CC(=O)O)C(=O)O.O=C(O)CC(O)C(=O)O.O=P(O)(O)O.[CaH2]. The van der Waals surface area contributed by atoms with Gasteiger partial charge in [-0.2, -0.15) is 0 Å². The zero-order chi connectivity index (χ0) is 22.6. The van der Waals surface area contributed by atoms with E-state index in [9.17, 15) is 24.0 Å². The van der Waals surface area contributed by atoms with E-state index in [4.69, 9.17) is 55.0 Å². The number of aliphatic hydroxyl groups excluding tert-OH is 1. The van der Waals surface area contributed by atoms with Crippen LogP contribution in [0.25, 0.3) is 0 Å². The third-order valence-corrected chi connectivity index (χ3v) is 1.94. The first kappa shape index (κ1) is 34.2. The first-order chi connectivity index (χ1) is 11.8. The normalized spacial score (nSPS) is 11.2. The molecule has 0 saturated carbocycles. The number of carboxylic acid groups (broad SMARTS) is 5. The minimum atomic E-state index is -4.64. The third-order valence-electron chi connectivity index (χ3n) is 1.94. The van der Waals surface area contributed by atoms with Crippen LogP contribution >= 0.6 is 7.82 Å². The minimum absolute atomic E-state index is 0. The van der Waals surface area contributed by atoms with Gasteiger partial charge in [-0.3, -0.25) is 14.4 Å². The van der Waals surface area contributed by atoms with E-state index in [1.807, 2.05) is 0 Å². The summed E-state index contributed by atoms with van der Waals surface area (Å²) in [6.45, 7) is 0. The van der Waals surface area contributed by atoms with Crippen molar-refractivity contribution in [3.05, 3.63) is 0 Å². The summed E-state index contributed by atoms with van der Waals surface area (Å²) < 4.78 is 8.88. The van der Waals surface area contributed by atoms with Crippen LogP contribution < -0.4 is 0 Å². The number of aliphatic carboxylic acids is 5. The molecule has 0 aromatic carbocycles. The maximum absolute atomic E-state index is 10.3. The molecule has 0 aliphatic rings. The predicted molar refractivity (Wildman–Crippen MR) is 85.8 cm³/mol. The third kappa shape index (κ3) is 26.9. The molecule has 18 heteroatoms. The molecule has 162 valence electrons. The molecule has 0 radical (unpaired) electrons. The fraction of sp³-hybridized carbons (Fsp3) is 0.500. The summed E-state index contributed by atoms with van der Waals surface area (Å²) in [5, 5.41) is 58.0. The quantitative estimate of drug-likeness (QED) is 0.120. The van der Waals surface area contributed by atoms with Crippen molar-refractivity contribution in [1.82, 2.24) is 0 Å². The van der Waals surface area contributed by atoms with E-state index in [1.165, 1.54) is 0 Å². The molecule has 0 spiro atoms. The van der Waals surface area contributed by atoms with Gasteiger partial charge < -0.3 is 50.4 Å². The van der Waals surface area contributed by atoms with E-state index in [0.717, 1.165) is 0 Å². The van der Waals surface area contributed by atoms with Gasteiger partial charge in [0.05, 0.1) is 19.3 Å². The Morgan fingerprint density at radius 3 is 1.18 bits per heavy atom. The number of phosphoric acid groups is 1. The number of aliphatic hydroxyl groups is 2. The van der Waals surface area contributed by atoms with Crippen LogP contribution in [0.4, 0.5) is 0 Å². The summed E-state index contributed by atoms with van der Waals surface area (Å²) in [4.78, 5) is 71.5. The van der Waals surface area contributed by atoms with Crippen LogP contribution in [0.5, 0.6) is 0 Å². The van der Waals surface area contributed by atoms with Gasteiger partial charge in [0.1, 0.15) is 0 Å². The molecule has 1 atom stereocenters. The average molecular weight is 466 g/mol. The molecular weight excluding hydrogens is 447 g/mol. The summed E-state index contributed by atoms with van der Waals surface area (Å²) in [6, 6.07) is 0. The molecule has 0 aromatic rings. The van der Waals surface area contributed by atoms with Gasteiger partial charge in [-0.05, 0) is 0 Å². The summed E-state index contributed by atoms with van der Waals surface area (Å²) in [5.74, 6) is -7.86. The monoisotopic (exact) mass is 466 g/mol. The summed E-state index contributed by atoms with van der Waals surface area (Å²) in [6.07, 6.45) is -4.83. The van der Waals surface area contributed by atoms with E-state index in [1.54, 1.807) is 0 Å². The van der Waals surface area contributed by atoms with E-state index >= 15 is 0 Å². The molecule has 0 amide bonds. The van der Waals surface area contributed by atoms with Crippen molar-refractivity contribution in [3.63, 3.8) is 0 Å². The Bertz CT molecular complexity index is 572. The van der Waals surface area contributed by atoms with Crippen LogP contribution in [0.2, 0.25) is 0 Å². The van der Waals surface area contributed by atoms with Crippen LogP contribution in [0.3, 0.4) is 0 Å². The second-order valence-corrected chi connectivity index (χ2v) is 5.47. The molecule has 10 N–H and O–H groups in total. The Labute approximate surface area is 184 Å². The van der Waals surface area contributed by atoms with Crippen molar-refractivity contribution in [2.24, 2.45) is 0 Å². The molecule has 16 nitrogen and oxygen atoms in total. The van der Waals surface area contributed by atoms with E-state index < -0.39 is 68.6 Å². The molecule has 0 bridgehead atoms. The van der Waals surface area contributed by atoms with E-state index in [2.05, 4.69) is 0 Å². The van der Waals surface area contributed by atoms with Crippen LogP contribution in [0, 0.1) is 0 Å². The van der Waals surface area contributed by atoms with Crippen LogP contribution in [-0.2, 0) is 28.5 Å². The maximum atomic E-state index is 10.3. The van der Waals surface area contributed by atoms with Crippen molar-refractivity contribution >= 4 is 75.4 Å². The number of hydrogen-bond acceptors (Lipinski definition) is 8. The van der Waals surface area contributed by atoms with Crippen LogP contribution in [0.1, 0.15) is 19.3 Å². The molecule has 0 heterocycles. The Morgan fingerprint density at radius 1 is 0.786 bits per heavy atom. The second kappa shape index (κ2) is 15.5. The van der Waals surface area contributed by atoms with Gasteiger partial charge in [0.15, 0.2) is 11.7 Å². The van der Waals surface area contributed by atoms with Gasteiger partial charge >= 0.3 is 75.4 Å². The Balaban J connectivity index is -0.000000167. The summed E-state index contributed by atoms with van der Waals surface area (Å²) in [5.41, 5.74) is -2.74. The van der Waals surface area contributed by atoms with E-state index in [-0.39, 0.29) is 37.7 Å². The molecule has 0 aliphatic carbocycles. The van der Waals surface area contributed by atoms with Gasteiger partial charge in [-0.1, -0.05) is 0 Å². The van der Waals surface area contributed by atoms with Crippen molar-refractivity contribution < 1.29 is 79.0 Å². The zero-order valence-electron chi connectivity index (χ0n) is 13.1. The van der Waals surface area contributed by atoms with Gasteiger partial charge in [0.25, 0.3) is 0 Å². The van der Waals surface area contributed by atoms with E-state index in [0.29, 0.717) is 0 Å². The van der Waals surface area contributed by atoms with Gasteiger partial charge in [-0.15, -0.1) is 0 Å². The number of carboxylic acids is 5. The predicted octanol–water partition coefficient (Wildman–Crippen LogP) is -4.19. The fourth-order valence-corrected chi connectivity index (χ4v) is 0.967. The van der Waals surface area contributed by atoms with Crippen molar-refractivity contribution in [3.8, 4) is 0 Å². The fourth-order valence-electron chi connectivity index (χ4n) is 0.967. The standard InChI is InChI=1S/C6H8O7.C4H6O5.Ca.H3O4P.2H/c7-3(8)1-6(13,5(11)12)2-4(9)10;5-2(4(8)9)1-3(6)7;;1-5(2,3)4;;/h13H,1-2H2,(H,7,8)(H,9,10)(H,11,12);2,5H,1H2,(H,6,7)(H,8,9);;(H3,1,2,3,4);;. The van der Waals surface area contributed by atoms with Crippen LogP contribution in [-0.4, -0.2) is 130 Å². The molecule has 0 fully saturated rings. The molecular formula is C10H19CaO16P. The first-order valence-corrected chi connectivity index (χ1v) is 7.68. The van der Waals surface area contributed by atoms with Crippen molar-refractivity contribution in [1.29, 1.82) is 0 Å². The molecule has 0 aliphatic heterocycles. The molecule has 28 heavy (non-hydrogen) atoms. The Kier molecular flexibility index (Phi) is 19.0. The topological polar surface area (TPSA) is 305 Å². The molecule has 0 saturated heterocycles. The van der Waals surface area contributed by atoms with Crippen molar-refractivity contribution in [2.45, 2.75) is 31.0 Å². The number of hydrogen-bond donors (Lipinski definition) is 10. The molecule has 1 unspecified atom stereocenters. The van der Waals surface area contributed by atoms with Crippen molar-refractivity contribution in [2.75, 3.05) is 0 Å². The Hall–Kier alpha value is -1.36. The first-order valence-electron chi connectivity index (χ1n) is 6.12.